The van der Waals surface area contributed by atoms with Crippen molar-refractivity contribution < 1.29 is 4.74 Å². The van der Waals surface area contributed by atoms with Gasteiger partial charge in [0.15, 0.2) is 0 Å². The summed E-state index contributed by atoms with van der Waals surface area (Å²) in [6.45, 7) is 5.63. The Morgan fingerprint density at radius 3 is 2.72 bits per heavy atom. The van der Waals surface area contributed by atoms with E-state index in [-0.39, 0.29) is 12.4 Å². The first-order valence-electron chi connectivity index (χ1n) is 8.13. The van der Waals surface area contributed by atoms with Crippen LogP contribution in [0.1, 0.15) is 18.3 Å². The highest BCUT2D eigenvalue weighted by Gasteiger charge is 2.04. The monoisotopic (exact) mass is 362 g/mol. The predicted molar refractivity (Wildman–Crippen MR) is 97.9 cm³/mol. The minimum atomic E-state index is 0. The van der Waals surface area contributed by atoms with Gasteiger partial charge in [-0.25, -0.2) is 4.68 Å². The molecule has 0 spiro atoms. The van der Waals surface area contributed by atoms with Crippen LogP contribution in [0.3, 0.4) is 0 Å². The van der Waals surface area contributed by atoms with Gasteiger partial charge >= 0.3 is 0 Å². The van der Waals surface area contributed by atoms with Crippen molar-refractivity contribution in [1.82, 2.24) is 30.1 Å². The number of ether oxygens (including phenoxy) is 1. The molecule has 1 N–H and O–H groups in total. The summed E-state index contributed by atoms with van der Waals surface area (Å²) in [5.74, 6) is 0.864. The molecule has 0 aliphatic carbocycles. The Kier molecular flexibility index (Phi) is 7.43. The molecular formula is C17H23ClN6O. The fourth-order valence-corrected chi connectivity index (χ4v) is 2.30. The topological polar surface area (TPSA) is 69.8 Å². The fraction of sp³-hybridized carbons (Fsp3) is 0.353. The summed E-state index contributed by atoms with van der Waals surface area (Å²) in [6.07, 6.45) is 3.89. The van der Waals surface area contributed by atoms with E-state index in [1.807, 2.05) is 53.5 Å². The van der Waals surface area contributed by atoms with E-state index < -0.39 is 0 Å². The molecule has 0 fully saturated rings. The smallest absolute Gasteiger partial charge is 0.119 e. The summed E-state index contributed by atoms with van der Waals surface area (Å²) >= 11 is 0. The Hall–Kier alpha value is -2.38. The zero-order chi connectivity index (χ0) is 16.6. The first-order valence-corrected chi connectivity index (χ1v) is 8.13. The molecule has 0 unspecified atom stereocenters. The standard InChI is InChI=1S/C17H22N6O.ClH/c1-2-18-12-15-8-9-22(20-15)13-16-14-23(21-19-16)10-11-24-17-6-4-3-5-7-17;/h3-9,14,18H,2,10-13H2,1H3;1H. The molecule has 134 valence electrons. The van der Waals surface area contributed by atoms with Crippen LogP contribution < -0.4 is 10.1 Å². The SMILES string of the molecule is CCNCc1ccn(Cc2cn(CCOc3ccccc3)nn2)n1.Cl. The third-order valence-electron chi connectivity index (χ3n) is 3.49. The van der Waals surface area contributed by atoms with Gasteiger partial charge in [0.25, 0.3) is 0 Å². The largest absolute Gasteiger partial charge is 0.492 e. The maximum atomic E-state index is 5.67. The molecule has 0 radical (unpaired) electrons. The molecule has 0 amide bonds. The summed E-state index contributed by atoms with van der Waals surface area (Å²) in [6, 6.07) is 11.8. The highest BCUT2D eigenvalue weighted by atomic mass is 35.5. The van der Waals surface area contributed by atoms with Crippen molar-refractivity contribution in [2.75, 3.05) is 13.2 Å². The fourth-order valence-electron chi connectivity index (χ4n) is 2.30. The van der Waals surface area contributed by atoms with Crippen LogP contribution in [0, 0.1) is 0 Å². The van der Waals surface area contributed by atoms with Crippen LogP contribution in [-0.4, -0.2) is 37.9 Å². The van der Waals surface area contributed by atoms with Gasteiger partial charge in [-0.2, -0.15) is 5.10 Å². The summed E-state index contributed by atoms with van der Waals surface area (Å²) in [5, 5.41) is 16.1. The Morgan fingerprint density at radius 2 is 1.92 bits per heavy atom. The van der Waals surface area contributed by atoms with Gasteiger partial charge in [0.2, 0.25) is 0 Å². The second-order valence-corrected chi connectivity index (χ2v) is 5.42. The number of rotatable bonds is 9. The Labute approximate surface area is 153 Å². The van der Waals surface area contributed by atoms with Crippen molar-refractivity contribution in [3.05, 3.63) is 60.2 Å². The number of para-hydroxylation sites is 1. The van der Waals surface area contributed by atoms with Crippen LogP contribution >= 0.6 is 12.4 Å². The van der Waals surface area contributed by atoms with E-state index in [9.17, 15) is 0 Å². The van der Waals surface area contributed by atoms with E-state index in [1.165, 1.54) is 0 Å². The highest BCUT2D eigenvalue weighted by Crippen LogP contribution is 2.08. The second kappa shape index (κ2) is 9.80. The molecule has 3 rings (SSSR count). The lowest BCUT2D eigenvalue weighted by atomic mass is 10.3. The number of aromatic nitrogens is 5. The summed E-state index contributed by atoms with van der Waals surface area (Å²) in [4.78, 5) is 0. The predicted octanol–water partition coefficient (Wildman–Crippen LogP) is 2.13. The van der Waals surface area contributed by atoms with E-state index in [2.05, 4.69) is 27.7 Å². The molecule has 1 aromatic carbocycles. The minimum Gasteiger partial charge on any atom is -0.492 e. The van der Waals surface area contributed by atoms with Crippen LogP contribution in [0.4, 0.5) is 0 Å². The Bertz CT molecular complexity index is 742. The van der Waals surface area contributed by atoms with Crippen molar-refractivity contribution in [2.45, 2.75) is 26.6 Å². The molecule has 2 heterocycles. The zero-order valence-corrected chi connectivity index (χ0v) is 15.0. The normalized spacial score (nSPS) is 10.4. The van der Waals surface area contributed by atoms with Gasteiger partial charge in [0.1, 0.15) is 18.1 Å². The molecule has 0 saturated heterocycles. The van der Waals surface area contributed by atoms with Gasteiger partial charge in [-0.15, -0.1) is 17.5 Å². The maximum absolute atomic E-state index is 5.67. The third-order valence-corrected chi connectivity index (χ3v) is 3.49. The molecule has 0 bridgehead atoms. The number of benzene rings is 1. The van der Waals surface area contributed by atoms with Crippen molar-refractivity contribution in [1.29, 1.82) is 0 Å². The van der Waals surface area contributed by atoms with Gasteiger partial charge in [0.05, 0.1) is 25.0 Å². The second-order valence-electron chi connectivity index (χ2n) is 5.42. The van der Waals surface area contributed by atoms with E-state index in [0.717, 1.165) is 30.2 Å². The average Bonchev–Trinajstić information content (AvgIpc) is 3.24. The maximum Gasteiger partial charge on any atom is 0.119 e. The molecule has 0 atom stereocenters. The molecule has 2 aromatic heterocycles. The highest BCUT2D eigenvalue weighted by molar-refractivity contribution is 5.85. The third kappa shape index (κ3) is 5.88. The summed E-state index contributed by atoms with van der Waals surface area (Å²) < 4.78 is 9.33. The number of halogens is 1. The Morgan fingerprint density at radius 1 is 1.08 bits per heavy atom. The van der Waals surface area contributed by atoms with Gasteiger partial charge in [-0.05, 0) is 24.7 Å². The van der Waals surface area contributed by atoms with Crippen molar-refractivity contribution >= 4 is 12.4 Å². The first-order chi connectivity index (χ1) is 11.8. The average molecular weight is 363 g/mol. The van der Waals surface area contributed by atoms with Crippen LogP contribution in [0.15, 0.2) is 48.8 Å². The van der Waals surface area contributed by atoms with Gasteiger partial charge < -0.3 is 10.1 Å². The van der Waals surface area contributed by atoms with Crippen LogP contribution in [-0.2, 0) is 19.6 Å². The molecule has 7 nitrogen and oxygen atoms in total. The summed E-state index contributed by atoms with van der Waals surface area (Å²) in [7, 11) is 0. The number of nitrogens with one attached hydrogen (secondary N) is 1. The van der Waals surface area contributed by atoms with Crippen molar-refractivity contribution in [3.63, 3.8) is 0 Å². The number of nitrogens with zero attached hydrogens (tertiary/aromatic N) is 5. The van der Waals surface area contributed by atoms with E-state index in [1.54, 1.807) is 4.68 Å². The number of hydrogen-bond donors (Lipinski definition) is 1. The molecular weight excluding hydrogens is 340 g/mol. The van der Waals surface area contributed by atoms with Crippen LogP contribution in [0.2, 0.25) is 0 Å². The molecule has 0 aliphatic rings. The lowest BCUT2D eigenvalue weighted by Crippen LogP contribution is -2.12. The van der Waals surface area contributed by atoms with Crippen molar-refractivity contribution in [3.8, 4) is 5.75 Å². The molecule has 25 heavy (non-hydrogen) atoms. The van der Waals surface area contributed by atoms with Crippen LogP contribution in [0.5, 0.6) is 5.75 Å². The molecule has 8 heteroatoms. The zero-order valence-electron chi connectivity index (χ0n) is 14.2. The lowest BCUT2D eigenvalue weighted by Gasteiger charge is -2.05. The quantitative estimate of drug-likeness (QED) is 0.631. The Balaban J connectivity index is 0.00000225. The van der Waals surface area contributed by atoms with E-state index in [4.69, 9.17) is 4.74 Å². The van der Waals surface area contributed by atoms with Gasteiger partial charge in [-0.3, -0.25) is 4.68 Å². The molecule has 0 aliphatic heterocycles. The summed E-state index contributed by atoms with van der Waals surface area (Å²) in [5.41, 5.74) is 1.91. The van der Waals surface area contributed by atoms with Gasteiger partial charge in [0, 0.05) is 12.7 Å². The van der Waals surface area contributed by atoms with Crippen molar-refractivity contribution in [2.24, 2.45) is 0 Å². The molecule has 0 saturated carbocycles. The van der Waals surface area contributed by atoms with Gasteiger partial charge in [-0.1, -0.05) is 30.3 Å². The first kappa shape index (κ1) is 19.0. The number of hydrogen-bond acceptors (Lipinski definition) is 5. The lowest BCUT2D eigenvalue weighted by molar-refractivity contribution is 0.289. The van der Waals surface area contributed by atoms with Crippen LogP contribution in [0.25, 0.3) is 0 Å². The minimum absolute atomic E-state index is 0. The van der Waals surface area contributed by atoms with E-state index in [0.29, 0.717) is 19.7 Å². The molecule has 3 aromatic rings. The van der Waals surface area contributed by atoms with E-state index >= 15 is 0 Å².